The Morgan fingerprint density at radius 2 is 2.07 bits per heavy atom. The highest BCUT2D eigenvalue weighted by atomic mass is 79.9. The molecule has 0 radical (unpaired) electrons. The zero-order chi connectivity index (χ0) is 10.9. The van der Waals surface area contributed by atoms with Gasteiger partial charge in [0.2, 0.25) is 0 Å². The summed E-state index contributed by atoms with van der Waals surface area (Å²) in [6.07, 6.45) is 0. The molecule has 14 heavy (non-hydrogen) atoms. The molecule has 74 valence electrons. The molecule has 0 heterocycles. The van der Waals surface area contributed by atoms with E-state index in [9.17, 15) is 13.5 Å². The minimum atomic E-state index is -3.93. The number of phenols is 1. The van der Waals surface area contributed by atoms with Gasteiger partial charge in [0.05, 0.1) is 14.9 Å². The molecule has 1 aromatic rings. The van der Waals surface area contributed by atoms with Gasteiger partial charge in [0, 0.05) is 16.7 Å². The van der Waals surface area contributed by atoms with Crippen molar-refractivity contribution in [3.8, 4) is 11.8 Å². The van der Waals surface area contributed by atoms with Crippen molar-refractivity contribution in [2.24, 2.45) is 0 Å². The maximum absolute atomic E-state index is 10.9. The predicted molar refractivity (Wildman–Crippen MR) is 53.6 cm³/mol. The van der Waals surface area contributed by atoms with Crippen molar-refractivity contribution in [2.75, 3.05) is 0 Å². The molecule has 0 aliphatic rings. The third kappa shape index (κ3) is 2.18. The van der Waals surface area contributed by atoms with E-state index in [1.54, 1.807) is 6.07 Å². The summed E-state index contributed by atoms with van der Waals surface area (Å²) in [5, 5.41) is 17.9. The quantitative estimate of drug-likeness (QED) is 0.804. The molecule has 0 aromatic heterocycles. The van der Waals surface area contributed by atoms with Crippen LogP contribution in [0.1, 0.15) is 5.56 Å². The highest BCUT2D eigenvalue weighted by molar-refractivity contribution is 9.10. The number of hydrogen-bond acceptors (Lipinski definition) is 4. The standard InChI is InChI=1S/C7H3BrClNO3S/c8-7-4(3-10)1-5(2-6(7)11)14(9,12)13/h1-2,11H. The molecular formula is C7H3BrClNO3S. The van der Waals surface area contributed by atoms with E-state index in [1.807, 2.05) is 0 Å². The van der Waals surface area contributed by atoms with Crippen LogP contribution in [0.15, 0.2) is 21.5 Å². The molecule has 0 unspecified atom stereocenters. The molecule has 1 rings (SSSR count). The molecule has 7 heteroatoms. The van der Waals surface area contributed by atoms with Crippen molar-refractivity contribution in [3.05, 3.63) is 22.2 Å². The summed E-state index contributed by atoms with van der Waals surface area (Å²) in [4.78, 5) is -0.309. The molecule has 0 fully saturated rings. The first kappa shape index (κ1) is 11.3. The third-order valence-electron chi connectivity index (χ3n) is 1.43. The van der Waals surface area contributed by atoms with Crippen LogP contribution >= 0.6 is 26.6 Å². The smallest absolute Gasteiger partial charge is 0.261 e. The molecule has 0 saturated carbocycles. The van der Waals surface area contributed by atoms with Crippen LogP contribution in [0.5, 0.6) is 5.75 Å². The first-order valence-electron chi connectivity index (χ1n) is 3.23. The van der Waals surface area contributed by atoms with Crippen molar-refractivity contribution in [2.45, 2.75) is 4.90 Å². The Bertz CT molecular complexity index is 520. The van der Waals surface area contributed by atoms with E-state index in [4.69, 9.17) is 15.9 Å². The van der Waals surface area contributed by atoms with Crippen molar-refractivity contribution in [3.63, 3.8) is 0 Å². The molecule has 1 aromatic carbocycles. The number of phenolic OH excluding ortho intramolecular Hbond substituents is 1. The van der Waals surface area contributed by atoms with Crippen molar-refractivity contribution in [1.29, 1.82) is 5.26 Å². The lowest BCUT2D eigenvalue weighted by molar-refractivity contribution is 0.469. The fraction of sp³-hybridized carbons (Fsp3) is 0. The molecular weight excluding hydrogens is 294 g/mol. The van der Waals surface area contributed by atoms with Crippen molar-refractivity contribution in [1.82, 2.24) is 0 Å². The molecule has 0 aliphatic heterocycles. The average molecular weight is 297 g/mol. The Labute approximate surface area is 93.3 Å². The van der Waals surface area contributed by atoms with E-state index in [2.05, 4.69) is 15.9 Å². The molecule has 0 bridgehead atoms. The van der Waals surface area contributed by atoms with Gasteiger partial charge in [0.15, 0.2) is 0 Å². The minimum Gasteiger partial charge on any atom is -0.507 e. The van der Waals surface area contributed by atoms with Gasteiger partial charge in [0.25, 0.3) is 9.05 Å². The van der Waals surface area contributed by atoms with Crippen LogP contribution in [0, 0.1) is 11.3 Å². The Morgan fingerprint density at radius 3 is 2.50 bits per heavy atom. The van der Waals surface area contributed by atoms with E-state index in [-0.39, 0.29) is 20.7 Å². The van der Waals surface area contributed by atoms with E-state index >= 15 is 0 Å². The van der Waals surface area contributed by atoms with Crippen LogP contribution < -0.4 is 0 Å². The number of nitriles is 1. The molecule has 0 atom stereocenters. The summed E-state index contributed by atoms with van der Waals surface area (Å²) in [5.41, 5.74) is 0.00391. The second-order valence-electron chi connectivity index (χ2n) is 2.35. The maximum atomic E-state index is 10.9. The first-order chi connectivity index (χ1) is 6.36. The summed E-state index contributed by atoms with van der Waals surface area (Å²) in [7, 11) is 1.11. The zero-order valence-corrected chi connectivity index (χ0v) is 9.69. The Morgan fingerprint density at radius 1 is 1.50 bits per heavy atom. The SMILES string of the molecule is N#Cc1cc(S(=O)(=O)Cl)cc(O)c1Br. The fourth-order valence-electron chi connectivity index (χ4n) is 0.805. The lowest BCUT2D eigenvalue weighted by Gasteiger charge is -2.01. The normalized spacial score (nSPS) is 10.9. The van der Waals surface area contributed by atoms with Crippen LogP contribution in [0.2, 0.25) is 0 Å². The van der Waals surface area contributed by atoms with Crippen LogP contribution in [-0.4, -0.2) is 13.5 Å². The number of rotatable bonds is 1. The van der Waals surface area contributed by atoms with Crippen molar-refractivity contribution >= 4 is 35.7 Å². The van der Waals surface area contributed by atoms with Crippen LogP contribution in [0.25, 0.3) is 0 Å². The highest BCUT2D eigenvalue weighted by Crippen LogP contribution is 2.31. The Balaban J connectivity index is 3.56. The molecule has 0 spiro atoms. The number of aromatic hydroxyl groups is 1. The lowest BCUT2D eigenvalue weighted by Crippen LogP contribution is -1.92. The second-order valence-corrected chi connectivity index (χ2v) is 5.71. The summed E-state index contributed by atoms with van der Waals surface area (Å²) >= 11 is 2.93. The Hall–Kier alpha value is -0.770. The van der Waals surface area contributed by atoms with Gasteiger partial charge in [-0.25, -0.2) is 8.42 Å². The molecule has 4 nitrogen and oxygen atoms in total. The predicted octanol–water partition coefficient (Wildman–Crippen LogP) is 1.95. The highest BCUT2D eigenvalue weighted by Gasteiger charge is 2.15. The van der Waals surface area contributed by atoms with Gasteiger partial charge in [-0.1, -0.05) is 0 Å². The largest absolute Gasteiger partial charge is 0.507 e. The molecule has 1 N–H and O–H groups in total. The van der Waals surface area contributed by atoms with Crippen molar-refractivity contribution < 1.29 is 13.5 Å². The zero-order valence-electron chi connectivity index (χ0n) is 6.53. The van der Waals surface area contributed by atoms with E-state index < -0.39 is 9.05 Å². The Kier molecular flexibility index (Phi) is 3.04. The average Bonchev–Trinajstić information content (AvgIpc) is 2.07. The minimum absolute atomic E-state index is 0.00391. The summed E-state index contributed by atoms with van der Waals surface area (Å²) in [6.45, 7) is 0. The van der Waals surface area contributed by atoms with Gasteiger partial charge in [-0.2, -0.15) is 5.26 Å². The maximum Gasteiger partial charge on any atom is 0.261 e. The van der Waals surface area contributed by atoms with Crippen LogP contribution in [-0.2, 0) is 9.05 Å². The topological polar surface area (TPSA) is 78.2 Å². The fourth-order valence-corrected chi connectivity index (χ4v) is 1.90. The number of halogens is 2. The van der Waals surface area contributed by atoms with Gasteiger partial charge in [0.1, 0.15) is 11.8 Å². The summed E-state index contributed by atoms with van der Waals surface area (Å²) < 4.78 is 21.9. The third-order valence-corrected chi connectivity index (χ3v) is 3.60. The second kappa shape index (κ2) is 3.77. The number of nitrogens with zero attached hydrogens (tertiary/aromatic N) is 1. The monoisotopic (exact) mass is 295 g/mol. The van der Waals surface area contributed by atoms with Crippen LogP contribution in [0.3, 0.4) is 0 Å². The number of hydrogen-bond donors (Lipinski definition) is 1. The van der Waals surface area contributed by atoms with Gasteiger partial charge < -0.3 is 5.11 Å². The van der Waals surface area contributed by atoms with Crippen LogP contribution in [0.4, 0.5) is 0 Å². The van der Waals surface area contributed by atoms with E-state index in [0.717, 1.165) is 12.1 Å². The van der Waals surface area contributed by atoms with E-state index in [0.29, 0.717) is 0 Å². The summed E-state index contributed by atoms with van der Waals surface area (Å²) in [5.74, 6) is -0.344. The van der Waals surface area contributed by atoms with Gasteiger partial charge in [-0.05, 0) is 22.0 Å². The van der Waals surface area contributed by atoms with Gasteiger partial charge >= 0.3 is 0 Å². The molecule has 0 amide bonds. The van der Waals surface area contributed by atoms with Gasteiger partial charge in [-0.3, -0.25) is 0 Å². The van der Waals surface area contributed by atoms with Gasteiger partial charge in [-0.15, -0.1) is 0 Å². The summed E-state index contributed by atoms with van der Waals surface area (Å²) in [6, 6.07) is 3.76. The number of benzene rings is 1. The molecule has 0 aliphatic carbocycles. The first-order valence-corrected chi connectivity index (χ1v) is 6.33. The molecule has 0 saturated heterocycles. The lowest BCUT2D eigenvalue weighted by atomic mass is 10.2. The van der Waals surface area contributed by atoms with E-state index in [1.165, 1.54) is 0 Å².